The quantitative estimate of drug-likeness (QED) is 0.890. The molecule has 104 valence electrons. The Bertz CT molecular complexity index is 636. The lowest BCUT2D eigenvalue weighted by Gasteiger charge is -2.09. The summed E-state index contributed by atoms with van der Waals surface area (Å²) < 4.78 is 40.5. The molecule has 0 spiro atoms. The molecule has 2 aromatic carbocycles. The highest BCUT2D eigenvalue weighted by Gasteiger charge is 2.20. The van der Waals surface area contributed by atoms with Gasteiger partial charge < -0.3 is 5.32 Å². The van der Waals surface area contributed by atoms with Crippen molar-refractivity contribution in [3.05, 3.63) is 59.4 Å². The molecule has 1 fully saturated rings. The number of rotatable bonds is 4. The lowest BCUT2D eigenvalue weighted by atomic mass is 10.0. The van der Waals surface area contributed by atoms with E-state index in [4.69, 9.17) is 0 Å². The van der Waals surface area contributed by atoms with Gasteiger partial charge >= 0.3 is 0 Å². The molecule has 1 N–H and O–H groups in total. The molecule has 1 saturated carbocycles. The van der Waals surface area contributed by atoms with Crippen molar-refractivity contribution in [3.63, 3.8) is 0 Å². The second kappa shape index (κ2) is 5.29. The molecule has 2 aromatic rings. The third kappa shape index (κ3) is 2.85. The van der Waals surface area contributed by atoms with E-state index >= 15 is 0 Å². The molecule has 1 aliphatic carbocycles. The van der Waals surface area contributed by atoms with Crippen LogP contribution in [-0.2, 0) is 6.54 Å². The van der Waals surface area contributed by atoms with Crippen molar-refractivity contribution in [2.75, 3.05) is 0 Å². The topological polar surface area (TPSA) is 12.0 Å². The number of hydrogen-bond acceptors (Lipinski definition) is 1. The molecule has 0 unspecified atom stereocenters. The molecule has 20 heavy (non-hydrogen) atoms. The van der Waals surface area contributed by atoms with Gasteiger partial charge in [0.15, 0.2) is 0 Å². The molecule has 1 nitrogen and oxygen atoms in total. The van der Waals surface area contributed by atoms with E-state index in [1.807, 2.05) is 0 Å². The minimum atomic E-state index is -0.754. The Labute approximate surface area is 115 Å². The highest BCUT2D eigenvalue weighted by molar-refractivity contribution is 5.65. The van der Waals surface area contributed by atoms with Crippen LogP contribution in [0.2, 0.25) is 0 Å². The Morgan fingerprint density at radius 1 is 0.900 bits per heavy atom. The maximum absolute atomic E-state index is 13.9. The molecule has 0 heterocycles. The Hall–Kier alpha value is -1.81. The Morgan fingerprint density at radius 3 is 2.40 bits per heavy atom. The van der Waals surface area contributed by atoms with Crippen LogP contribution in [0.1, 0.15) is 18.4 Å². The van der Waals surface area contributed by atoms with Crippen LogP contribution in [0.25, 0.3) is 11.1 Å². The Balaban J connectivity index is 1.92. The van der Waals surface area contributed by atoms with Gasteiger partial charge in [0.05, 0.1) is 0 Å². The van der Waals surface area contributed by atoms with Gasteiger partial charge in [-0.25, -0.2) is 13.2 Å². The second-order valence-corrected chi connectivity index (χ2v) is 5.09. The molecule has 3 rings (SSSR count). The fourth-order valence-corrected chi connectivity index (χ4v) is 2.15. The lowest BCUT2D eigenvalue weighted by Crippen LogP contribution is -2.15. The second-order valence-electron chi connectivity index (χ2n) is 5.09. The van der Waals surface area contributed by atoms with Crippen LogP contribution in [0.3, 0.4) is 0 Å². The standard InChI is InChI=1S/C16H14F3N/c17-11-2-5-13(16(19)8-11)14-7-10(1-6-15(14)18)9-20-12-3-4-12/h1-2,5-8,12,20H,3-4,9H2. The summed E-state index contributed by atoms with van der Waals surface area (Å²) in [4.78, 5) is 0. The largest absolute Gasteiger partial charge is 0.310 e. The molecule has 1 aliphatic rings. The first-order valence-corrected chi connectivity index (χ1v) is 6.61. The van der Waals surface area contributed by atoms with Gasteiger partial charge in [-0.15, -0.1) is 0 Å². The van der Waals surface area contributed by atoms with Crippen molar-refractivity contribution >= 4 is 0 Å². The first-order valence-electron chi connectivity index (χ1n) is 6.61. The number of hydrogen-bond donors (Lipinski definition) is 1. The van der Waals surface area contributed by atoms with Gasteiger partial charge in [-0.1, -0.05) is 6.07 Å². The van der Waals surface area contributed by atoms with Crippen LogP contribution in [0, 0.1) is 17.5 Å². The van der Waals surface area contributed by atoms with Gasteiger partial charge in [0, 0.05) is 29.8 Å². The summed E-state index contributed by atoms with van der Waals surface area (Å²) in [5, 5.41) is 3.32. The highest BCUT2D eigenvalue weighted by Crippen LogP contribution is 2.27. The summed E-state index contributed by atoms with van der Waals surface area (Å²) in [6.45, 7) is 0.626. The van der Waals surface area contributed by atoms with Crippen LogP contribution in [0.5, 0.6) is 0 Å². The molecule has 0 bridgehead atoms. The molecule has 0 aromatic heterocycles. The number of nitrogens with one attached hydrogen (secondary N) is 1. The lowest BCUT2D eigenvalue weighted by molar-refractivity contribution is 0.582. The average molecular weight is 277 g/mol. The SMILES string of the molecule is Fc1ccc(-c2cc(CNC3CC3)ccc2F)c(F)c1. The van der Waals surface area contributed by atoms with Gasteiger partial charge in [0.1, 0.15) is 17.5 Å². The Kier molecular flexibility index (Phi) is 3.49. The van der Waals surface area contributed by atoms with E-state index in [0.29, 0.717) is 12.6 Å². The van der Waals surface area contributed by atoms with E-state index in [-0.39, 0.29) is 11.1 Å². The molecule has 0 atom stereocenters. The molecule has 0 radical (unpaired) electrons. The van der Waals surface area contributed by atoms with Gasteiger partial charge in [-0.05, 0) is 42.7 Å². The summed E-state index contributed by atoms with van der Waals surface area (Å²) in [6, 6.07) is 8.32. The van der Waals surface area contributed by atoms with E-state index < -0.39 is 17.5 Å². The Morgan fingerprint density at radius 2 is 1.70 bits per heavy atom. The zero-order chi connectivity index (χ0) is 14.1. The van der Waals surface area contributed by atoms with Crippen LogP contribution in [0.4, 0.5) is 13.2 Å². The van der Waals surface area contributed by atoms with Crippen molar-refractivity contribution in [3.8, 4) is 11.1 Å². The third-order valence-electron chi connectivity index (χ3n) is 3.42. The smallest absolute Gasteiger partial charge is 0.134 e. The van der Waals surface area contributed by atoms with Gasteiger partial charge in [0.2, 0.25) is 0 Å². The van der Waals surface area contributed by atoms with Crippen LogP contribution in [-0.4, -0.2) is 6.04 Å². The normalized spacial score (nSPS) is 14.6. The zero-order valence-corrected chi connectivity index (χ0v) is 10.8. The van der Waals surface area contributed by atoms with Crippen LogP contribution in [0.15, 0.2) is 36.4 Å². The van der Waals surface area contributed by atoms with Crippen LogP contribution < -0.4 is 5.32 Å². The minimum Gasteiger partial charge on any atom is -0.310 e. The van der Waals surface area contributed by atoms with Gasteiger partial charge in [-0.2, -0.15) is 0 Å². The van der Waals surface area contributed by atoms with Crippen molar-refractivity contribution in [1.29, 1.82) is 0 Å². The third-order valence-corrected chi connectivity index (χ3v) is 3.42. The van der Waals surface area contributed by atoms with Crippen molar-refractivity contribution < 1.29 is 13.2 Å². The minimum absolute atomic E-state index is 0.0807. The molecule has 0 saturated heterocycles. The maximum Gasteiger partial charge on any atom is 0.134 e. The molecular formula is C16H14F3N. The predicted molar refractivity (Wildman–Crippen MR) is 71.6 cm³/mol. The zero-order valence-electron chi connectivity index (χ0n) is 10.8. The summed E-state index contributed by atoms with van der Waals surface area (Å²) in [5.41, 5.74) is 1.13. The van der Waals surface area contributed by atoms with E-state index in [0.717, 1.165) is 17.7 Å². The number of benzene rings is 2. The summed E-state index contributed by atoms with van der Waals surface area (Å²) in [6.07, 6.45) is 2.33. The summed E-state index contributed by atoms with van der Waals surface area (Å²) in [7, 11) is 0. The fourth-order valence-electron chi connectivity index (χ4n) is 2.15. The van der Waals surface area contributed by atoms with Crippen molar-refractivity contribution in [2.45, 2.75) is 25.4 Å². The van der Waals surface area contributed by atoms with Crippen molar-refractivity contribution in [2.24, 2.45) is 0 Å². The van der Waals surface area contributed by atoms with Crippen LogP contribution >= 0.6 is 0 Å². The van der Waals surface area contributed by atoms with E-state index in [1.165, 1.54) is 25.0 Å². The average Bonchev–Trinajstić information content (AvgIpc) is 3.22. The van der Waals surface area contributed by atoms with Gasteiger partial charge in [-0.3, -0.25) is 0 Å². The van der Waals surface area contributed by atoms with E-state index in [2.05, 4.69) is 5.32 Å². The number of halogens is 3. The molecule has 4 heteroatoms. The van der Waals surface area contributed by atoms with Crippen molar-refractivity contribution in [1.82, 2.24) is 5.32 Å². The summed E-state index contributed by atoms with van der Waals surface area (Å²) >= 11 is 0. The predicted octanol–water partition coefficient (Wildman–Crippen LogP) is 4.02. The molecule has 0 aliphatic heterocycles. The highest BCUT2D eigenvalue weighted by atomic mass is 19.1. The molecule has 0 amide bonds. The van der Waals surface area contributed by atoms with E-state index in [1.54, 1.807) is 12.1 Å². The van der Waals surface area contributed by atoms with E-state index in [9.17, 15) is 13.2 Å². The first kappa shape index (κ1) is 13.2. The van der Waals surface area contributed by atoms with Gasteiger partial charge in [0.25, 0.3) is 0 Å². The molecular weight excluding hydrogens is 263 g/mol. The monoisotopic (exact) mass is 277 g/mol. The fraction of sp³-hybridized carbons (Fsp3) is 0.250. The summed E-state index contributed by atoms with van der Waals surface area (Å²) in [5.74, 6) is -1.93. The first-order chi connectivity index (χ1) is 9.63. The maximum atomic E-state index is 13.9.